The average molecular weight is 531 g/mol. The van der Waals surface area contributed by atoms with E-state index in [1.807, 2.05) is 6.92 Å². The van der Waals surface area contributed by atoms with Crippen LogP contribution in [0.15, 0.2) is 39.5 Å². The van der Waals surface area contributed by atoms with E-state index in [0.29, 0.717) is 41.2 Å². The number of aliphatic hydroxyl groups is 1. The predicted octanol–water partition coefficient (Wildman–Crippen LogP) is 2.45. The lowest BCUT2D eigenvalue weighted by Crippen LogP contribution is -2.65. The molecule has 0 radical (unpaired) electrons. The lowest BCUT2D eigenvalue weighted by atomic mass is 9.89. The van der Waals surface area contributed by atoms with Gasteiger partial charge in [0.15, 0.2) is 12.2 Å². The predicted molar refractivity (Wildman–Crippen MR) is 138 cm³/mol. The number of hydrogen-bond donors (Lipinski definition) is 3. The van der Waals surface area contributed by atoms with Gasteiger partial charge in [0.05, 0.1) is 17.1 Å². The molecule has 206 valence electrons. The van der Waals surface area contributed by atoms with Gasteiger partial charge in [-0.05, 0) is 59.0 Å². The molecular weight excluding hydrogens is 496 g/mol. The number of methoxy groups -OCH3 is 1. The number of nitrogens with one attached hydrogen (secondary N) is 2. The quantitative estimate of drug-likeness (QED) is 0.215. The first-order valence-electron chi connectivity index (χ1n) is 12.3. The Morgan fingerprint density at radius 1 is 1.18 bits per heavy atom. The molecule has 0 unspecified atom stereocenters. The highest BCUT2D eigenvalue weighted by atomic mass is 16.7. The minimum atomic E-state index is -1.40. The van der Waals surface area contributed by atoms with E-state index in [0.717, 1.165) is 5.69 Å². The van der Waals surface area contributed by atoms with E-state index in [-0.39, 0.29) is 5.69 Å². The molecule has 1 aromatic carbocycles. The van der Waals surface area contributed by atoms with Crippen LogP contribution in [0.25, 0.3) is 11.0 Å². The van der Waals surface area contributed by atoms with Gasteiger partial charge in [-0.3, -0.25) is 0 Å². The van der Waals surface area contributed by atoms with Crippen LogP contribution < -0.4 is 20.4 Å². The van der Waals surface area contributed by atoms with Crippen LogP contribution in [-0.2, 0) is 14.2 Å². The second-order valence-electron chi connectivity index (χ2n) is 9.73. The summed E-state index contributed by atoms with van der Waals surface area (Å²) in [5.74, 6) is 0.0645. The molecule has 2 aromatic heterocycles. The normalized spacial score (nSPS) is 22.8. The van der Waals surface area contributed by atoms with E-state index in [2.05, 4.69) is 10.3 Å². The van der Waals surface area contributed by atoms with E-state index in [4.69, 9.17) is 28.1 Å². The van der Waals surface area contributed by atoms with Crippen molar-refractivity contribution in [1.82, 2.24) is 10.3 Å². The first kappa shape index (κ1) is 27.6. The third kappa shape index (κ3) is 5.56. The molecule has 0 amide bonds. The molecule has 1 saturated heterocycles. The van der Waals surface area contributed by atoms with Crippen molar-refractivity contribution >= 4 is 16.9 Å². The fourth-order valence-electron chi connectivity index (χ4n) is 4.57. The molecule has 0 saturated carbocycles. The summed E-state index contributed by atoms with van der Waals surface area (Å²) in [6, 6.07) is 8.03. The maximum atomic E-state index is 12.8. The van der Waals surface area contributed by atoms with Crippen LogP contribution in [0, 0.1) is 13.8 Å². The number of benzene rings is 1. The molecule has 0 bridgehead atoms. The fraction of sp³-hybridized carbons (Fsp3) is 0.481. The van der Waals surface area contributed by atoms with Gasteiger partial charge in [-0.15, -0.1) is 0 Å². The molecule has 3 heterocycles. The molecule has 0 aliphatic carbocycles. The van der Waals surface area contributed by atoms with Gasteiger partial charge >= 0.3 is 11.6 Å². The zero-order valence-corrected chi connectivity index (χ0v) is 22.3. The summed E-state index contributed by atoms with van der Waals surface area (Å²) in [7, 11) is 3.26. The second-order valence-corrected chi connectivity index (χ2v) is 9.73. The van der Waals surface area contributed by atoms with Gasteiger partial charge in [-0.2, -0.15) is 0 Å². The van der Waals surface area contributed by atoms with Crippen LogP contribution in [0.2, 0.25) is 0 Å². The Morgan fingerprint density at radius 3 is 2.61 bits per heavy atom. The lowest BCUT2D eigenvalue weighted by Gasteiger charge is -2.47. The number of carbonyl (C=O) groups excluding carboxylic acids is 1. The molecular formula is C27H34N2O9. The molecule has 4 atom stereocenters. The largest absolute Gasteiger partial charge is 0.491 e. The number of likely N-dealkylation sites (N-methyl/N-ethyl adjacent to an activating group) is 1. The van der Waals surface area contributed by atoms with Crippen molar-refractivity contribution in [3.8, 4) is 11.5 Å². The maximum Gasteiger partial charge on any atom is 0.355 e. The summed E-state index contributed by atoms with van der Waals surface area (Å²) in [5.41, 5.74) is 0.279. The van der Waals surface area contributed by atoms with Gasteiger partial charge in [-0.1, -0.05) is 0 Å². The number of H-pyrrole nitrogens is 1. The Hall–Kier alpha value is -3.38. The van der Waals surface area contributed by atoms with Crippen LogP contribution >= 0.6 is 0 Å². The molecule has 4 rings (SSSR count). The van der Waals surface area contributed by atoms with Crippen LogP contribution in [0.1, 0.15) is 35.6 Å². The number of aromatic nitrogens is 1. The Labute approximate surface area is 220 Å². The third-order valence-corrected chi connectivity index (χ3v) is 6.49. The van der Waals surface area contributed by atoms with Crippen LogP contribution in [0.3, 0.4) is 0 Å². The summed E-state index contributed by atoms with van der Waals surface area (Å²) < 4.78 is 34.7. The first-order valence-corrected chi connectivity index (χ1v) is 12.3. The van der Waals surface area contributed by atoms with Crippen molar-refractivity contribution in [2.75, 3.05) is 27.3 Å². The summed E-state index contributed by atoms with van der Waals surface area (Å²) >= 11 is 0. The van der Waals surface area contributed by atoms with Crippen molar-refractivity contribution in [1.29, 1.82) is 0 Å². The van der Waals surface area contributed by atoms with Crippen LogP contribution in [0.5, 0.6) is 11.5 Å². The van der Waals surface area contributed by atoms with E-state index in [1.54, 1.807) is 52.1 Å². The SMILES string of the molecule is CNCCOc1cc(=O)oc2c(C)c(O[C@@H]3OC(C)(C)[C@H](OC)[C@@H](OC(=O)c4ccc(C)[nH]4)[C@H]3O)ccc12. The van der Waals surface area contributed by atoms with E-state index >= 15 is 0 Å². The maximum absolute atomic E-state index is 12.8. The second kappa shape index (κ2) is 11.2. The summed E-state index contributed by atoms with van der Waals surface area (Å²) in [4.78, 5) is 28.0. The van der Waals surface area contributed by atoms with E-state index < -0.39 is 41.8 Å². The average Bonchev–Trinajstić information content (AvgIpc) is 3.30. The molecule has 11 heteroatoms. The summed E-state index contributed by atoms with van der Waals surface area (Å²) in [6.45, 7) is 8.02. The molecule has 3 N–H and O–H groups in total. The third-order valence-electron chi connectivity index (χ3n) is 6.49. The fourth-order valence-corrected chi connectivity index (χ4v) is 4.57. The number of fused-ring (bicyclic) bond motifs is 1. The molecule has 1 aliphatic heterocycles. The van der Waals surface area contributed by atoms with Gasteiger partial charge in [0.25, 0.3) is 0 Å². The summed E-state index contributed by atoms with van der Waals surface area (Å²) in [5, 5.41) is 14.8. The smallest absolute Gasteiger partial charge is 0.355 e. The molecule has 38 heavy (non-hydrogen) atoms. The first-order chi connectivity index (χ1) is 18.1. The number of aryl methyl sites for hydroxylation is 2. The monoisotopic (exact) mass is 530 g/mol. The molecule has 0 spiro atoms. The highest BCUT2D eigenvalue weighted by Gasteiger charge is 2.53. The number of ether oxygens (including phenoxy) is 5. The number of rotatable bonds is 9. The molecule has 3 aromatic rings. The Bertz CT molecular complexity index is 1350. The molecule has 11 nitrogen and oxygen atoms in total. The Balaban J connectivity index is 1.62. The van der Waals surface area contributed by atoms with Crippen molar-refractivity contribution < 1.29 is 38.0 Å². The number of hydrogen-bond acceptors (Lipinski definition) is 10. The zero-order chi connectivity index (χ0) is 27.6. The number of esters is 1. The lowest BCUT2D eigenvalue weighted by molar-refractivity contribution is -0.305. The molecule has 1 aliphatic rings. The van der Waals surface area contributed by atoms with Gasteiger partial charge in [-0.25, -0.2) is 9.59 Å². The minimum absolute atomic E-state index is 0.250. The topological polar surface area (TPSA) is 141 Å². The Morgan fingerprint density at radius 2 is 1.95 bits per heavy atom. The van der Waals surface area contributed by atoms with E-state index in [1.165, 1.54) is 13.2 Å². The molecule has 1 fully saturated rings. The highest BCUT2D eigenvalue weighted by Crippen LogP contribution is 2.37. The zero-order valence-electron chi connectivity index (χ0n) is 22.3. The van der Waals surface area contributed by atoms with Crippen molar-refractivity contribution in [2.24, 2.45) is 0 Å². The van der Waals surface area contributed by atoms with Crippen molar-refractivity contribution in [2.45, 2.75) is 57.9 Å². The van der Waals surface area contributed by atoms with Crippen LogP contribution in [-0.4, -0.2) is 73.6 Å². The summed E-state index contributed by atoms with van der Waals surface area (Å²) in [6.07, 6.45) is -4.51. The number of carbonyl (C=O) groups is 1. The van der Waals surface area contributed by atoms with Gasteiger partial charge < -0.3 is 43.5 Å². The van der Waals surface area contributed by atoms with E-state index in [9.17, 15) is 14.7 Å². The van der Waals surface area contributed by atoms with Gasteiger partial charge in [0.1, 0.15) is 35.5 Å². The standard InChI is InChI=1S/C27H34N2O9/c1-14-7-9-17(29-14)25(32)37-23-21(31)26(38-27(3,4)24(23)33-6)35-18-10-8-16-19(34-12-11-28-5)13-20(30)36-22(16)15(18)2/h7-10,13,21,23-24,26,28-29,31H,11-12H2,1-6H3/t21-,23+,24-,26-/m1/s1. The van der Waals surface area contributed by atoms with Crippen molar-refractivity contribution in [3.63, 3.8) is 0 Å². The van der Waals surface area contributed by atoms with Gasteiger partial charge in [0.2, 0.25) is 6.29 Å². The highest BCUT2D eigenvalue weighted by molar-refractivity contribution is 5.88. The number of aromatic amines is 1. The van der Waals surface area contributed by atoms with Crippen LogP contribution in [0.4, 0.5) is 0 Å². The number of aliphatic hydroxyl groups excluding tert-OH is 1. The van der Waals surface area contributed by atoms with Crippen molar-refractivity contribution in [3.05, 3.63) is 57.7 Å². The minimum Gasteiger partial charge on any atom is -0.491 e. The van der Waals surface area contributed by atoms with Gasteiger partial charge in [0, 0.05) is 24.9 Å². The Kier molecular flexibility index (Phi) is 8.12.